The number of rotatable bonds is 4. The second-order valence-corrected chi connectivity index (χ2v) is 8.30. The zero-order valence-electron chi connectivity index (χ0n) is 17.5. The molecule has 1 aromatic carbocycles. The Balaban J connectivity index is 2.14. The molecule has 0 saturated carbocycles. The van der Waals surface area contributed by atoms with E-state index in [1.165, 1.54) is 0 Å². The Hall–Kier alpha value is -2.82. The lowest BCUT2D eigenvalue weighted by Crippen LogP contribution is -2.36. The van der Waals surface area contributed by atoms with Gasteiger partial charge in [-0.25, -0.2) is 15.0 Å². The first-order valence-electron chi connectivity index (χ1n) is 9.76. The lowest BCUT2D eigenvalue weighted by molar-refractivity contribution is 0.0719. The van der Waals surface area contributed by atoms with E-state index in [1.807, 2.05) is 56.0 Å². The van der Waals surface area contributed by atoms with Gasteiger partial charge < -0.3 is 4.90 Å². The Kier molecular flexibility index (Phi) is 5.45. The van der Waals surface area contributed by atoms with Crippen LogP contribution >= 0.6 is 0 Å². The van der Waals surface area contributed by atoms with E-state index in [4.69, 9.17) is 4.98 Å². The molecular formula is C23H28N4O. The van der Waals surface area contributed by atoms with E-state index >= 15 is 0 Å². The van der Waals surface area contributed by atoms with Crippen LogP contribution in [0.5, 0.6) is 0 Å². The monoisotopic (exact) mass is 376 g/mol. The SMILES string of the molecule is CCN(C(=O)c1cc(-c2cnc(C(C)(C)C)nc2)nc2ccccc12)C(C)C. The van der Waals surface area contributed by atoms with Crippen LogP contribution in [0.1, 0.15) is 57.7 Å². The number of nitrogens with zero attached hydrogens (tertiary/aromatic N) is 4. The van der Waals surface area contributed by atoms with Crippen molar-refractivity contribution in [3.8, 4) is 11.3 Å². The summed E-state index contributed by atoms with van der Waals surface area (Å²) in [6.45, 7) is 13.0. The maximum Gasteiger partial charge on any atom is 0.254 e. The third-order valence-corrected chi connectivity index (χ3v) is 4.79. The number of para-hydroxylation sites is 1. The third kappa shape index (κ3) is 3.88. The van der Waals surface area contributed by atoms with Crippen LogP contribution in [0.3, 0.4) is 0 Å². The summed E-state index contributed by atoms with van der Waals surface area (Å²) in [4.78, 5) is 28.9. The highest BCUT2D eigenvalue weighted by atomic mass is 16.2. The predicted molar refractivity (Wildman–Crippen MR) is 113 cm³/mol. The highest BCUT2D eigenvalue weighted by molar-refractivity contribution is 6.07. The Morgan fingerprint density at radius 1 is 1.11 bits per heavy atom. The first-order chi connectivity index (χ1) is 13.2. The van der Waals surface area contributed by atoms with E-state index in [9.17, 15) is 4.79 Å². The van der Waals surface area contributed by atoms with Crippen LogP contribution in [0.2, 0.25) is 0 Å². The molecule has 0 bridgehead atoms. The van der Waals surface area contributed by atoms with Crippen LogP contribution in [0.25, 0.3) is 22.2 Å². The maximum absolute atomic E-state index is 13.3. The minimum atomic E-state index is -0.116. The van der Waals surface area contributed by atoms with Crippen molar-refractivity contribution in [1.82, 2.24) is 19.9 Å². The summed E-state index contributed by atoms with van der Waals surface area (Å²) in [5.41, 5.74) is 2.86. The Labute approximate surface area is 166 Å². The Morgan fingerprint density at radius 3 is 2.32 bits per heavy atom. The van der Waals surface area contributed by atoms with Crippen LogP contribution < -0.4 is 0 Å². The predicted octanol–water partition coefficient (Wildman–Crippen LogP) is 4.86. The Bertz CT molecular complexity index is 988. The molecule has 0 aliphatic rings. The lowest BCUT2D eigenvalue weighted by Gasteiger charge is -2.26. The molecule has 3 aromatic rings. The fourth-order valence-electron chi connectivity index (χ4n) is 3.25. The smallest absolute Gasteiger partial charge is 0.254 e. The summed E-state index contributed by atoms with van der Waals surface area (Å²) >= 11 is 0. The number of amides is 1. The van der Waals surface area contributed by atoms with Crippen LogP contribution in [0, 0.1) is 0 Å². The normalized spacial score (nSPS) is 11.8. The van der Waals surface area contributed by atoms with Crippen LogP contribution in [-0.4, -0.2) is 38.3 Å². The van der Waals surface area contributed by atoms with Crippen molar-refractivity contribution < 1.29 is 4.79 Å². The van der Waals surface area contributed by atoms with E-state index in [1.54, 1.807) is 12.4 Å². The van der Waals surface area contributed by atoms with Gasteiger partial charge in [0.05, 0.1) is 16.8 Å². The van der Waals surface area contributed by atoms with Gasteiger partial charge in [0.1, 0.15) is 5.82 Å². The van der Waals surface area contributed by atoms with Gasteiger partial charge in [0.2, 0.25) is 0 Å². The molecule has 0 atom stereocenters. The molecule has 0 spiro atoms. The van der Waals surface area contributed by atoms with E-state index in [0.717, 1.165) is 22.3 Å². The van der Waals surface area contributed by atoms with Gasteiger partial charge in [-0.05, 0) is 32.9 Å². The zero-order valence-corrected chi connectivity index (χ0v) is 17.5. The first kappa shape index (κ1) is 19.9. The molecule has 28 heavy (non-hydrogen) atoms. The molecule has 0 radical (unpaired) electrons. The van der Waals surface area contributed by atoms with Crippen molar-refractivity contribution in [3.63, 3.8) is 0 Å². The van der Waals surface area contributed by atoms with Gasteiger partial charge in [-0.3, -0.25) is 4.79 Å². The molecule has 2 heterocycles. The third-order valence-electron chi connectivity index (χ3n) is 4.79. The fourth-order valence-corrected chi connectivity index (χ4v) is 3.25. The van der Waals surface area contributed by atoms with Gasteiger partial charge in [-0.2, -0.15) is 0 Å². The van der Waals surface area contributed by atoms with Gasteiger partial charge in [0.25, 0.3) is 5.91 Å². The average molecular weight is 377 g/mol. The van der Waals surface area contributed by atoms with Gasteiger partial charge in [-0.15, -0.1) is 0 Å². The molecule has 0 aliphatic heterocycles. The van der Waals surface area contributed by atoms with Crippen LogP contribution in [0.15, 0.2) is 42.7 Å². The number of carbonyl (C=O) groups is 1. The fraction of sp³-hybridized carbons (Fsp3) is 0.391. The number of aromatic nitrogens is 3. The van der Waals surface area contributed by atoms with Gasteiger partial charge in [0.15, 0.2) is 0 Å². The summed E-state index contributed by atoms with van der Waals surface area (Å²) in [7, 11) is 0. The number of fused-ring (bicyclic) bond motifs is 1. The van der Waals surface area contributed by atoms with Crippen LogP contribution in [0.4, 0.5) is 0 Å². The number of pyridine rings is 1. The second-order valence-electron chi connectivity index (χ2n) is 8.30. The largest absolute Gasteiger partial charge is 0.336 e. The molecule has 146 valence electrons. The Morgan fingerprint density at radius 2 is 1.75 bits per heavy atom. The highest BCUT2D eigenvalue weighted by Crippen LogP contribution is 2.26. The summed E-state index contributed by atoms with van der Waals surface area (Å²) in [6.07, 6.45) is 3.58. The number of hydrogen-bond acceptors (Lipinski definition) is 4. The van der Waals surface area contributed by atoms with E-state index in [2.05, 4.69) is 30.7 Å². The molecule has 0 aliphatic carbocycles. The molecule has 0 saturated heterocycles. The molecule has 2 aromatic heterocycles. The first-order valence-corrected chi connectivity index (χ1v) is 9.76. The number of carbonyl (C=O) groups excluding carboxylic acids is 1. The van der Waals surface area contributed by atoms with Crippen molar-refractivity contribution in [2.75, 3.05) is 6.54 Å². The topological polar surface area (TPSA) is 59.0 Å². The molecule has 5 heteroatoms. The standard InChI is InChI=1S/C23H28N4O/c1-7-27(15(2)3)21(28)18-12-20(26-19-11-9-8-10-17(18)19)16-13-24-22(25-14-16)23(4,5)6/h8-15H,7H2,1-6H3. The molecule has 0 N–H and O–H groups in total. The van der Waals surface area contributed by atoms with Crippen molar-refractivity contribution in [3.05, 3.63) is 54.1 Å². The van der Waals surface area contributed by atoms with Crippen LogP contribution in [-0.2, 0) is 5.41 Å². The maximum atomic E-state index is 13.3. The molecule has 3 rings (SSSR count). The minimum absolute atomic E-state index is 0.0181. The lowest BCUT2D eigenvalue weighted by atomic mass is 9.95. The zero-order chi connectivity index (χ0) is 20.5. The number of hydrogen-bond donors (Lipinski definition) is 0. The summed E-state index contributed by atoms with van der Waals surface area (Å²) in [6, 6.07) is 9.76. The molecule has 1 amide bonds. The van der Waals surface area contributed by atoms with Gasteiger partial charge in [0, 0.05) is 41.3 Å². The molecule has 0 unspecified atom stereocenters. The van der Waals surface area contributed by atoms with E-state index < -0.39 is 0 Å². The molecule has 0 fully saturated rings. The van der Waals surface area contributed by atoms with Gasteiger partial charge >= 0.3 is 0 Å². The summed E-state index contributed by atoms with van der Waals surface area (Å²) in [5.74, 6) is 0.801. The summed E-state index contributed by atoms with van der Waals surface area (Å²) < 4.78 is 0. The van der Waals surface area contributed by atoms with Crippen molar-refractivity contribution in [1.29, 1.82) is 0 Å². The van der Waals surface area contributed by atoms with Crippen molar-refractivity contribution in [2.24, 2.45) is 0 Å². The highest BCUT2D eigenvalue weighted by Gasteiger charge is 2.22. The van der Waals surface area contributed by atoms with Crippen molar-refractivity contribution in [2.45, 2.75) is 53.0 Å². The molecule has 5 nitrogen and oxygen atoms in total. The minimum Gasteiger partial charge on any atom is -0.336 e. The van der Waals surface area contributed by atoms with E-state index in [0.29, 0.717) is 17.8 Å². The quantitative estimate of drug-likeness (QED) is 0.652. The van der Waals surface area contributed by atoms with Gasteiger partial charge in [-0.1, -0.05) is 39.0 Å². The van der Waals surface area contributed by atoms with Crippen molar-refractivity contribution >= 4 is 16.8 Å². The average Bonchev–Trinajstić information content (AvgIpc) is 2.66. The number of benzene rings is 1. The second kappa shape index (κ2) is 7.66. The molecular weight excluding hydrogens is 348 g/mol. The van der Waals surface area contributed by atoms with E-state index in [-0.39, 0.29) is 17.4 Å². The summed E-state index contributed by atoms with van der Waals surface area (Å²) in [5, 5.41) is 0.864.